The lowest BCUT2D eigenvalue weighted by molar-refractivity contribution is -0.150. The van der Waals surface area contributed by atoms with Crippen LogP contribution in [0, 0.1) is 5.92 Å². The molecule has 1 fully saturated rings. The summed E-state index contributed by atoms with van der Waals surface area (Å²) in [6.07, 6.45) is 0.771. The van der Waals surface area contributed by atoms with Crippen molar-refractivity contribution >= 4 is 5.97 Å². The van der Waals surface area contributed by atoms with Crippen LogP contribution in [0.1, 0.15) is 41.0 Å². The van der Waals surface area contributed by atoms with Gasteiger partial charge in [0.2, 0.25) is 0 Å². The highest BCUT2D eigenvalue weighted by Gasteiger charge is 2.48. The summed E-state index contributed by atoms with van der Waals surface area (Å²) in [5, 5.41) is 3.51. The lowest BCUT2D eigenvalue weighted by atomic mass is 9.87. The smallest absolute Gasteiger partial charge is 0.310 e. The molecule has 0 aliphatic carbocycles. The molecule has 5 nitrogen and oxygen atoms in total. The summed E-state index contributed by atoms with van der Waals surface area (Å²) in [5.41, 5.74) is 1.90. The molecule has 1 heterocycles. The number of hydrogen-bond donors (Lipinski definition) is 1. The summed E-state index contributed by atoms with van der Waals surface area (Å²) < 4.78 is 16.7. The Labute approximate surface area is 179 Å². The highest BCUT2D eigenvalue weighted by Crippen LogP contribution is 2.36. The Morgan fingerprint density at radius 3 is 1.90 bits per heavy atom. The number of hydrogen-bond acceptors (Lipinski definition) is 5. The van der Waals surface area contributed by atoms with Crippen LogP contribution in [0.15, 0.2) is 48.5 Å². The molecule has 1 atom stereocenters. The molecule has 1 saturated heterocycles. The van der Waals surface area contributed by atoms with Crippen molar-refractivity contribution in [3.05, 3.63) is 48.5 Å². The van der Waals surface area contributed by atoms with E-state index in [0.29, 0.717) is 13.2 Å². The summed E-state index contributed by atoms with van der Waals surface area (Å²) in [4.78, 5) is 12.5. The average molecular weight is 412 g/mol. The second-order valence-corrected chi connectivity index (χ2v) is 8.99. The Morgan fingerprint density at radius 2 is 1.43 bits per heavy atom. The number of carbonyl (C=O) groups excluding carboxylic acids is 1. The Morgan fingerprint density at radius 1 is 0.900 bits per heavy atom. The maximum Gasteiger partial charge on any atom is 0.310 e. The average Bonchev–Trinajstić information content (AvgIpc) is 2.93. The number of carbonyl (C=O) groups is 1. The van der Waals surface area contributed by atoms with Crippen molar-refractivity contribution in [2.75, 3.05) is 19.8 Å². The standard InChI is InChI=1S/C25H33NO4/c1-6-28-20-11-7-18(8-12-20)19-9-13-21(14-10-19)29-15-16-30-23(27)22-17-24(2,3)26-25(22,4)5/h7-14,22,26H,6,15-17H2,1-5H3. The molecular formula is C25H33NO4. The molecule has 2 aromatic carbocycles. The number of esters is 1. The Balaban J connectivity index is 1.46. The SMILES string of the molecule is CCOc1ccc(-c2ccc(OCCOC(=O)C3CC(C)(C)NC3(C)C)cc2)cc1. The minimum atomic E-state index is -0.266. The van der Waals surface area contributed by atoms with E-state index in [9.17, 15) is 4.79 Å². The van der Waals surface area contributed by atoms with Crippen LogP contribution in [0.3, 0.4) is 0 Å². The third-order valence-corrected chi connectivity index (χ3v) is 5.48. The third-order valence-electron chi connectivity index (χ3n) is 5.48. The van der Waals surface area contributed by atoms with E-state index in [4.69, 9.17) is 14.2 Å². The maximum atomic E-state index is 12.5. The molecule has 1 N–H and O–H groups in total. The van der Waals surface area contributed by atoms with E-state index in [2.05, 4.69) is 33.0 Å². The van der Waals surface area contributed by atoms with Gasteiger partial charge >= 0.3 is 5.97 Å². The Kier molecular flexibility index (Phi) is 6.71. The maximum absolute atomic E-state index is 12.5. The van der Waals surface area contributed by atoms with Crippen molar-refractivity contribution in [2.24, 2.45) is 5.92 Å². The van der Waals surface area contributed by atoms with Crippen molar-refractivity contribution < 1.29 is 19.0 Å². The molecule has 0 bridgehead atoms. The monoisotopic (exact) mass is 411 g/mol. The van der Waals surface area contributed by atoms with E-state index >= 15 is 0 Å². The largest absolute Gasteiger partial charge is 0.494 e. The summed E-state index contributed by atoms with van der Waals surface area (Å²) in [7, 11) is 0. The van der Waals surface area contributed by atoms with Gasteiger partial charge in [-0.3, -0.25) is 4.79 Å². The highest BCUT2D eigenvalue weighted by atomic mass is 16.6. The van der Waals surface area contributed by atoms with E-state index < -0.39 is 0 Å². The van der Waals surface area contributed by atoms with Gasteiger partial charge in [-0.2, -0.15) is 0 Å². The van der Waals surface area contributed by atoms with Crippen molar-refractivity contribution in [1.29, 1.82) is 0 Å². The van der Waals surface area contributed by atoms with Gasteiger partial charge in [-0.15, -0.1) is 0 Å². The first-order valence-electron chi connectivity index (χ1n) is 10.6. The molecule has 0 radical (unpaired) electrons. The van der Waals surface area contributed by atoms with Crippen LogP contribution in [0.4, 0.5) is 0 Å². The van der Waals surface area contributed by atoms with Gasteiger partial charge in [-0.1, -0.05) is 24.3 Å². The van der Waals surface area contributed by atoms with Crippen molar-refractivity contribution in [2.45, 2.75) is 52.1 Å². The first-order chi connectivity index (χ1) is 14.2. The van der Waals surface area contributed by atoms with Crippen molar-refractivity contribution in [3.63, 3.8) is 0 Å². The normalized spacial score (nSPS) is 19.3. The van der Waals surface area contributed by atoms with Crippen LogP contribution >= 0.6 is 0 Å². The van der Waals surface area contributed by atoms with Gasteiger partial charge in [0.05, 0.1) is 12.5 Å². The fourth-order valence-corrected chi connectivity index (χ4v) is 4.21. The summed E-state index contributed by atoms with van der Waals surface area (Å²) in [6.45, 7) is 11.5. The topological polar surface area (TPSA) is 56.8 Å². The molecule has 1 aliphatic heterocycles. The fourth-order valence-electron chi connectivity index (χ4n) is 4.21. The number of benzene rings is 2. The highest BCUT2D eigenvalue weighted by molar-refractivity contribution is 5.75. The predicted molar refractivity (Wildman–Crippen MR) is 119 cm³/mol. The predicted octanol–water partition coefficient (Wildman–Crippen LogP) is 4.84. The molecular weight excluding hydrogens is 378 g/mol. The van der Waals surface area contributed by atoms with E-state index in [1.165, 1.54) is 0 Å². The minimum absolute atomic E-state index is 0.0607. The van der Waals surface area contributed by atoms with Gasteiger partial charge in [0.25, 0.3) is 0 Å². The van der Waals surface area contributed by atoms with Crippen LogP contribution in [0.5, 0.6) is 11.5 Å². The first-order valence-corrected chi connectivity index (χ1v) is 10.6. The summed E-state index contributed by atoms with van der Waals surface area (Å²) in [6, 6.07) is 15.9. The quantitative estimate of drug-likeness (QED) is 0.497. The van der Waals surface area contributed by atoms with Crippen LogP contribution in [-0.2, 0) is 9.53 Å². The molecule has 5 heteroatoms. The van der Waals surface area contributed by atoms with Gasteiger partial charge in [-0.25, -0.2) is 0 Å². The lowest BCUT2D eigenvalue weighted by Gasteiger charge is -2.27. The summed E-state index contributed by atoms with van der Waals surface area (Å²) >= 11 is 0. The van der Waals surface area contributed by atoms with E-state index in [1.54, 1.807) is 0 Å². The fraction of sp³-hybridized carbons (Fsp3) is 0.480. The van der Waals surface area contributed by atoms with Gasteiger partial charge in [0, 0.05) is 11.1 Å². The Hall–Kier alpha value is -2.53. The first kappa shape index (κ1) is 22.2. The van der Waals surface area contributed by atoms with Gasteiger partial charge in [-0.05, 0) is 76.4 Å². The van der Waals surface area contributed by atoms with Crippen LogP contribution in [-0.4, -0.2) is 36.9 Å². The van der Waals surface area contributed by atoms with Gasteiger partial charge in [0.1, 0.15) is 24.7 Å². The molecule has 3 rings (SSSR count). The molecule has 0 saturated carbocycles. The zero-order valence-electron chi connectivity index (χ0n) is 18.7. The zero-order chi connectivity index (χ0) is 21.8. The summed E-state index contributed by atoms with van der Waals surface area (Å²) in [5.74, 6) is 1.31. The number of rotatable bonds is 8. The molecule has 30 heavy (non-hydrogen) atoms. The van der Waals surface area contributed by atoms with Gasteiger partial charge < -0.3 is 19.5 Å². The molecule has 2 aromatic rings. The molecule has 0 aromatic heterocycles. The zero-order valence-corrected chi connectivity index (χ0v) is 18.7. The second kappa shape index (κ2) is 9.09. The van der Waals surface area contributed by atoms with Crippen LogP contribution in [0.25, 0.3) is 11.1 Å². The number of nitrogens with one attached hydrogen (secondary N) is 1. The lowest BCUT2D eigenvalue weighted by Crippen LogP contribution is -2.46. The van der Waals surface area contributed by atoms with Gasteiger partial charge in [0.15, 0.2) is 0 Å². The molecule has 0 spiro atoms. The Bertz CT molecular complexity index is 840. The van der Waals surface area contributed by atoms with Crippen LogP contribution in [0.2, 0.25) is 0 Å². The van der Waals surface area contributed by atoms with E-state index in [1.807, 2.05) is 55.5 Å². The number of ether oxygens (including phenoxy) is 3. The van der Waals surface area contributed by atoms with Crippen LogP contribution < -0.4 is 14.8 Å². The van der Waals surface area contributed by atoms with Crippen molar-refractivity contribution in [1.82, 2.24) is 5.32 Å². The third kappa shape index (κ3) is 5.54. The minimum Gasteiger partial charge on any atom is -0.494 e. The molecule has 1 unspecified atom stereocenters. The molecule has 162 valence electrons. The van der Waals surface area contributed by atoms with Crippen molar-refractivity contribution in [3.8, 4) is 22.6 Å². The molecule has 1 aliphatic rings. The van der Waals surface area contributed by atoms with E-state index in [0.717, 1.165) is 29.0 Å². The molecule has 0 amide bonds. The van der Waals surface area contributed by atoms with E-state index in [-0.39, 0.29) is 29.6 Å². The second-order valence-electron chi connectivity index (χ2n) is 8.99.